The highest BCUT2D eigenvalue weighted by Crippen LogP contribution is 1.96. The Morgan fingerprint density at radius 2 is 1.86 bits per heavy atom. The summed E-state index contributed by atoms with van der Waals surface area (Å²) in [6.07, 6.45) is 2.47. The molecule has 0 spiro atoms. The Balaban J connectivity index is 3.16. The lowest BCUT2D eigenvalue weighted by Crippen LogP contribution is -2.02. The van der Waals surface area contributed by atoms with Gasteiger partial charge in [-0.3, -0.25) is 0 Å². The standard InChI is InChI=1S/C6H13B/c1-4-7(5-2)6-3/h4H,1,5-6H2,2-3H3. The maximum Gasteiger partial charge on any atom is 0.165 e. The van der Waals surface area contributed by atoms with E-state index in [1.54, 1.807) is 0 Å². The smallest absolute Gasteiger partial charge is 0.122 e. The van der Waals surface area contributed by atoms with Crippen molar-refractivity contribution in [1.82, 2.24) is 0 Å². The van der Waals surface area contributed by atoms with Crippen LogP contribution in [0, 0.1) is 0 Å². The Morgan fingerprint density at radius 1 is 1.43 bits per heavy atom. The first-order valence-corrected chi connectivity index (χ1v) is 2.97. The molecule has 0 atom stereocenters. The first kappa shape index (κ1) is 6.80. The fourth-order valence-corrected chi connectivity index (χ4v) is 0.622. The van der Waals surface area contributed by atoms with E-state index in [1.807, 2.05) is 5.98 Å². The molecule has 7 heavy (non-hydrogen) atoms. The Labute approximate surface area is 46.7 Å². The lowest BCUT2D eigenvalue weighted by Gasteiger charge is -1.95. The predicted molar refractivity (Wildman–Crippen MR) is 36.9 cm³/mol. The summed E-state index contributed by atoms with van der Waals surface area (Å²) in [4.78, 5) is 0. The van der Waals surface area contributed by atoms with Crippen LogP contribution in [0.2, 0.25) is 12.6 Å². The molecule has 0 aromatic rings. The number of hydrogen-bond acceptors (Lipinski definition) is 0. The molecule has 0 bridgehead atoms. The van der Waals surface area contributed by atoms with E-state index in [2.05, 4.69) is 20.4 Å². The van der Waals surface area contributed by atoms with Crippen molar-refractivity contribution in [2.75, 3.05) is 0 Å². The Hall–Kier alpha value is -0.195. The monoisotopic (exact) mass is 96.1 g/mol. The van der Waals surface area contributed by atoms with Crippen molar-refractivity contribution in [1.29, 1.82) is 0 Å². The zero-order valence-electron chi connectivity index (χ0n) is 5.28. The van der Waals surface area contributed by atoms with Gasteiger partial charge in [-0.25, -0.2) is 0 Å². The maximum absolute atomic E-state index is 3.70. The zero-order valence-corrected chi connectivity index (χ0v) is 5.28. The Kier molecular flexibility index (Phi) is 3.87. The predicted octanol–water partition coefficient (Wildman–Crippen LogP) is 2.25. The van der Waals surface area contributed by atoms with E-state index in [0.29, 0.717) is 0 Å². The summed E-state index contributed by atoms with van der Waals surface area (Å²) in [6.45, 7) is 8.83. The van der Waals surface area contributed by atoms with Crippen molar-refractivity contribution < 1.29 is 0 Å². The van der Waals surface area contributed by atoms with Gasteiger partial charge in [-0.1, -0.05) is 26.5 Å². The minimum atomic E-state index is 0.750. The van der Waals surface area contributed by atoms with Gasteiger partial charge in [0.05, 0.1) is 0 Å². The molecule has 0 aliphatic carbocycles. The van der Waals surface area contributed by atoms with E-state index < -0.39 is 0 Å². The molecule has 0 aliphatic rings. The van der Waals surface area contributed by atoms with Crippen LogP contribution < -0.4 is 0 Å². The van der Waals surface area contributed by atoms with Gasteiger partial charge in [0.15, 0.2) is 6.71 Å². The van der Waals surface area contributed by atoms with Crippen LogP contribution in [0.3, 0.4) is 0 Å². The van der Waals surface area contributed by atoms with E-state index in [1.165, 1.54) is 12.6 Å². The van der Waals surface area contributed by atoms with Crippen molar-refractivity contribution in [3.8, 4) is 0 Å². The van der Waals surface area contributed by atoms with Gasteiger partial charge < -0.3 is 0 Å². The molecule has 0 nitrogen and oxygen atoms in total. The number of hydrogen-bond donors (Lipinski definition) is 0. The molecular formula is C6H13B. The minimum absolute atomic E-state index is 0.750. The molecule has 0 aromatic carbocycles. The van der Waals surface area contributed by atoms with Gasteiger partial charge in [0.1, 0.15) is 0 Å². The molecule has 0 aliphatic heterocycles. The summed E-state index contributed by atoms with van der Waals surface area (Å²) >= 11 is 0. The molecule has 0 amide bonds. The summed E-state index contributed by atoms with van der Waals surface area (Å²) in [5.74, 6) is 2.03. The molecular weight excluding hydrogens is 82.9 g/mol. The summed E-state index contributed by atoms with van der Waals surface area (Å²) in [6, 6.07) is 0. The van der Waals surface area contributed by atoms with Gasteiger partial charge in [-0.05, 0) is 0 Å². The third-order valence-electron chi connectivity index (χ3n) is 1.38. The first-order valence-electron chi connectivity index (χ1n) is 2.97. The van der Waals surface area contributed by atoms with Crippen LogP contribution in [0.4, 0.5) is 0 Å². The molecule has 0 aromatic heterocycles. The van der Waals surface area contributed by atoms with Crippen LogP contribution in [0.25, 0.3) is 0 Å². The average Bonchev–Trinajstić information content (AvgIpc) is 1.72. The van der Waals surface area contributed by atoms with Gasteiger partial charge in [0.2, 0.25) is 0 Å². The molecule has 0 radical (unpaired) electrons. The SMILES string of the molecule is C=CB(CC)CC. The van der Waals surface area contributed by atoms with Gasteiger partial charge in [0.25, 0.3) is 0 Å². The van der Waals surface area contributed by atoms with E-state index in [0.717, 1.165) is 6.71 Å². The van der Waals surface area contributed by atoms with Crippen molar-refractivity contribution in [2.45, 2.75) is 26.5 Å². The second-order valence-corrected chi connectivity index (χ2v) is 1.81. The van der Waals surface area contributed by atoms with Gasteiger partial charge in [-0.15, -0.1) is 12.6 Å². The van der Waals surface area contributed by atoms with Crippen molar-refractivity contribution in [2.24, 2.45) is 0 Å². The second-order valence-electron chi connectivity index (χ2n) is 1.81. The summed E-state index contributed by atoms with van der Waals surface area (Å²) in [5, 5.41) is 0. The third kappa shape index (κ3) is 2.49. The average molecular weight is 96.0 g/mol. The van der Waals surface area contributed by atoms with E-state index >= 15 is 0 Å². The van der Waals surface area contributed by atoms with Crippen LogP contribution >= 0.6 is 0 Å². The van der Waals surface area contributed by atoms with Crippen molar-refractivity contribution in [3.63, 3.8) is 0 Å². The van der Waals surface area contributed by atoms with E-state index in [9.17, 15) is 0 Å². The third-order valence-corrected chi connectivity index (χ3v) is 1.38. The van der Waals surface area contributed by atoms with Crippen LogP contribution in [0.5, 0.6) is 0 Å². The van der Waals surface area contributed by atoms with E-state index in [-0.39, 0.29) is 0 Å². The molecule has 0 saturated heterocycles. The van der Waals surface area contributed by atoms with Crippen LogP contribution in [0.1, 0.15) is 13.8 Å². The largest absolute Gasteiger partial charge is 0.165 e. The molecule has 0 unspecified atom stereocenters. The van der Waals surface area contributed by atoms with Crippen molar-refractivity contribution >= 4 is 6.71 Å². The fourth-order valence-electron chi connectivity index (χ4n) is 0.622. The lowest BCUT2D eigenvalue weighted by molar-refractivity contribution is 1.33. The Morgan fingerprint density at radius 3 is 1.86 bits per heavy atom. The first-order chi connectivity index (χ1) is 3.35. The molecule has 40 valence electrons. The molecule has 0 rings (SSSR count). The summed E-state index contributed by atoms with van der Waals surface area (Å²) < 4.78 is 0. The van der Waals surface area contributed by atoms with E-state index in [4.69, 9.17) is 0 Å². The highest BCUT2D eigenvalue weighted by Gasteiger charge is 1.98. The minimum Gasteiger partial charge on any atom is -0.122 e. The zero-order chi connectivity index (χ0) is 5.70. The fraction of sp³-hybridized carbons (Fsp3) is 0.667. The highest BCUT2D eigenvalue weighted by atomic mass is 13.6. The van der Waals surface area contributed by atoms with Crippen LogP contribution in [-0.2, 0) is 0 Å². The molecule has 1 heteroatoms. The molecule has 0 saturated carbocycles. The Bertz CT molecular complexity index is 46.1. The topological polar surface area (TPSA) is 0 Å². The lowest BCUT2D eigenvalue weighted by atomic mass is 9.46. The van der Waals surface area contributed by atoms with Gasteiger partial charge in [-0.2, -0.15) is 0 Å². The molecule has 0 fully saturated rings. The maximum atomic E-state index is 3.70. The van der Waals surface area contributed by atoms with Crippen LogP contribution in [-0.4, -0.2) is 6.71 Å². The number of rotatable bonds is 3. The second kappa shape index (κ2) is 3.98. The molecule has 0 N–H and O–H groups in total. The van der Waals surface area contributed by atoms with Gasteiger partial charge >= 0.3 is 0 Å². The normalized spacial score (nSPS) is 8.29. The summed E-state index contributed by atoms with van der Waals surface area (Å²) in [5.41, 5.74) is 0. The summed E-state index contributed by atoms with van der Waals surface area (Å²) in [7, 11) is 0. The van der Waals surface area contributed by atoms with Crippen LogP contribution in [0.15, 0.2) is 12.6 Å². The van der Waals surface area contributed by atoms with Gasteiger partial charge in [0, 0.05) is 0 Å². The van der Waals surface area contributed by atoms with Crippen molar-refractivity contribution in [3.05, 3.63) is 12.6 Å². The highest BCUT2D eigenvalue weighted by molar-refractivity contribution is 6.63. The molecule has 0 heterocycles. The quantitative estimate of drug-likeness (QED) is 0.472.